The van der Waals surface area contributed by atoms with Crippen molar-refractivity contribution in [2.24, 2.45) is 0 Å². The molecule has 0 bridgehead atoms. The zero-order valence-electron chi connectivity index (χ0n) is 14.8. The number of nitrogens with one attached hydrogen (secondary N) is 3. The fourth-order valence-corrected chi connectivity index (χ4v) is 2.61. The minimum Gasteiger partial charge on any atom is -0.493 e. The highest BCUT2D eigenvalue weighted by molar-refractivity contribution is 9.10. The molecule has 0 aliphatic heterocycles. The van der Waals surface area contributed by atoms with Gasteiger partial charge in [-0.1, -0.05) is 47.5 Å². The molecule has 2 aromatic rings. The van der Waals surface area contributed by atoms with Crippen LogP contribution in [-0.2, 0) is 0 Å². The Kier molecular flexibility index (Phi) is 8.22. The second-order valence-electron chi connectivity index (χ2n) is 5.57. The number of carbonyl (C=O) groups is 2. The summed E-state index contributed by atoms with van der Waals surface area (Å²) in [6, 6.07) is 13.8. The molecule has 0 aliphatic rings. The second kappa shape index (κ2) is 10.6. The summed E-state index contributed by atoms with van der Waals surface area (Å²) in [5.74, 6) is -0.326. The lowest BCUT2D eigenvalue weighted by atomic mass is 10.2. The minimum atomic E-state index is -0.436. The number of carbonyl (C=O) groups excluding carboxylic acids is 2. The van der Waals surface area contributed by atoms with Crippen molar-refractivity contribution in [3.05, 3.63) is 64.1 Å². The van der Waals surface area contributed by atoms with Gasteiger partial charge in [0.1, 0.15) is 5.75 Å². The van der Waals surface area contributed by atoms with E-state index in [9.17, 15) is 9.59 Å². The lowest BCUT2D eigenvalue weighted by molar-refractivity contribution is 0.0933. The molecule has 0 fully saturated rings. The fraction of sp³-hybridized carbons (Fsp3) is 0.211. The van der Waals surface area contributed by atoms with Gasteiger partial charge in [-0.2, -0.15) is 0 Å². The van der Waals surface area contributed by atoms with Crippen molar-refractivity contribution < 1.29 is 14.3 Å². The first-order valence-corrected chi connectivity index (χ1v) is 9.60. The standard InChI is InChI=1S/C19H20BrN3O3S/c1-2-3-11-26-16-10-9-14(20)12-15(16)18(25)21-19(27)23-22-17(24)13-7-5-4-6-8-13/h4-10,12H,2-3,11H2,1H3,(H,22,24)(H2,21,23,25,27). The molecule has 0 aliphatic carbocycles. The van der Waals surface area contributed by atoms with Crippen LogP contribution in [0.25, 0.3) is 0 Å². The quantitative estimate of drug-likeness (QED) is 0.356. The van der Waals surface area contributed by atoms with E-state index in [1.807, 2.05) is 6.07 Å². The van der Waals surface area contributed by atoms with Crippen molar-refractivity contribution in [3.63, 3.8) is 0 Å². The van der Waals surface area contributed by atoms with Gasteiger partial charge in [0.25, 0.3) is 11.8 Å². The SMILES string of the molecule is CCCCOc1ccc(Br)cc1C(=O)NC(=S)NNC(=O)c1ccccc1. The molecule has 8 heteroatoms. The molecule has 0 radical (unpaired) electrons. The molecule has 0 spiro atoms. The summed E-state index contributed by atoms with van der Waals surface area (Å²) >= 11 is 8.42. The van der Waals surface area contributed by atoms with Gasteiger partial charge in [0.2, 0.25) is 0 Å². The van der Waals surface area contributed by atoms with Crippen LogP contribution in [0.3, 0.4) is 0 Å². The number of hydrazine groups is 1. The Hall–Kier alpha value is -2.45. The van der Waals surface area contributed by atoms with Gasteiger partial charge in [-0.05, 0) is 49.0 Å². The van der Waals surface area contributed by atoms with Crippen LogP contribution >= 0.6 is 28.1 Å². The maximum Gasteiger partial charge on any atom is 0.269 e. The Bertz CT molecular complexity index is 815. The van der Waals surface area contributed by atoms with Crippen molar-refractivity contribution in [2.75, 3.05) is 6.61 Å². The van der Waals surface area contributed by atoms with Gasteiger partial charge in [0.05, 0.1) is 12.2 Å². The van der Waals surface area contributed by atoms with Gasteiger partial charge in [-0.15, -0.1) is 0 Å². The maximum atomic E-state index is 12.5. The molecule has 27 heavy (non-hydrogen) atoms. The zero-order chi connectivity index (χ0) is 19.6. The van der Waals surface area contributed by atoms with Crippen LogP contribution in [0, 0.1) is 0 Å². The molecule has 2 rings (SSSR count). The molecule has 3 N–H and O–H groups in total. The number of hydrogen-bond donors (Lipinski definition) is 3. The van der Waals surface area contributed by atoms with Crippen LogP contribution in [0.4, 0.5) is 0 Å². The average molecular weight is 450 g/mol. The van der Waals surface area contributed by atoms with Gasteiger partial charge in [-0.3, -0.25) is 25.8 Å². The molecule has 142 valence electrons. The monoisotopic (exact) mass is 449 g/mol. The number of rotatable bonds is 6. The van der Waals surface area contributed by atoms with E-state index in [1.54, 1.807) is 42.5 Å². The second-order valence-corrected chi connectivity index (χ2v) is 6.89. The van der Waals surface area contributed by atoms with Crippen LogP contribution in [0.1, 0.15) is 40.5 Å². The number of amides is 2. The van der Waals surface area contributed by atoms with E-state index in [1.165, 1.54) is 0 Å². The Morgan fingerprint density at radius 1 is 1.07 bits per heavy atom. The van der Waals surface area contributed by atoms with Gasteiger partial charge in [0, 0.05) is 10.0 Å². The number of halogens is 1. The van der Waals surface area contributed by atoms with Crippen LogP contribution < -0.4 is 20.9 Å². The maximum absolute atomic E-state index is 12.5. The lowest BCUT2D eigenvalue weighted by Gasteiger charge is -2.14. The Morgan fingerprint density at radius 2 is 1.81 bits per heavy atom. The predicted molar refractivity (Wildman–Crippen MR) is 112 cm³/mol. The van der Waals surface area contributed by atoms with E-state index in [2.05, 4.69) is 39.0 Å². The normalized spacial score (nSPS) is 10.0. The van der Waals surface area contributed by atoms with Crippen molar-refractivity contribution in [3.8, 4) is 5.75 Å². The summed E-state index contributed by atoms with van der Waals surface area (Å²) in [5.41, 5.74) is 5.77. The number of benzene rings is 2. The Labute approximate surface area is 171 Å². The number of hydrogen-bond acceptors (Lipinski definition) is 4. The third-order valence-corrected chi connectivity index (χ3v) is 4.19. The summed E-state index contributed by atoms with van der Waals surface area (Å²) in [6.07, 6.45) is 1.88. The Balaban J connectivity index is 1.94. The van der Waals surface area contributed by atoms with Gasteiger partial charge in [0.15, 0.2) is 5.11 Å². The predicted octanol–water partition coefficient (Wildman–Crippen LogP) is 3.58. The molecule has 0 saturated heterocycles. The topological polar surface area (TPSA) is 79.5 Å². The van der Waals surface area contributed by atoms with Crippen molar-refractivity contribution >= 4 is 45.1 Å². The first-order chi connectivity index (χ1) is 13.0. The Morgan fingerprint density at radius 3 is 2.52 bits per heavy atom. The highest BCUT2D eigenvalue weighted by atomic mass is 79.9. The highest BCUT2D eigenvalue weighted by Crippen LogP contribution is 2.23. The summed E-state index contributed by atoms with van der Waals surface area (Å²) in [7, 11) is 0. The van der Waals surface area contributed by atoms with E-state index in [0.717, 1.165) is 17.3 Å². The number of ether oxygens (including phenoxy) is 1. The first-order valence-electron chi connectivity index (χ1n) is 8.40. The molecule has 2 aromatic carbocycles. The van der Waals surface area contributed by atoms with Crippen molar-refractivity contribution in [1.29, 1.82) is 0 Å². The third-order valence-electron chi connectivity index (χ3n) is 3.49. The molecule has 2 amide bonds. The van der Waals surface area contributed by atoms with Crippen molar-refractivity contribution in [1.82, 2.24) is 16.2 Å². The third kappa shape index (κ3) is 6.65. The largest absolute Gasteiger partial charge is 0.493 e. The average Bonchev–Trinajstić information content (AvgIpc) is 2.68. The van der Waals surface area contributed by atoms with E-state index < -0.39 is 5.91 Å². The van der Waals surface area contributed by atoms with Crippen LogP contribution in [0.2, 0.25) is 0 Å². The van der Waals surface area contributed by atoms with E-state index in [-0.39, 0.29) is 11.0 Å². The van der Waals surface area contributed by atoms with E-state index in [0.29, 0.717) is 23.5 Å². The van der Waals surface area contributed by atoms with Gasteiger partial charge in [-0.25, -0.2) is 0 Å². The van der Waals surface area contributed by atoms with Crippen LogP contribution in [-0.4, -0.2) is 23.5 Å². The smallest absolute Gasteiger partial charge is 0.269 e. The molecular weight excluding hydrogens is 430 g/mol. The minimum absolute atomic E-state index is 0.0243. The molecule has 0 heterocycles. The molecule has 0 saturated carbocycles. The lowest BCUT2D eigenvalue weighted by Crippen LogP contribution is -2.48. The molecular formula is C19H20BrN3O3S. The molecule has 6 nitrogen and oxygen atoms in total. The van der Waals surface area contributed by atoms with Crippen molar-refractivity contribution in [2.45, 2.75) is 19.8 Å². The van der Waals surface area contributed by atoms with Crippen LogP contribution in [0.5, 0.6) is 5.75 Å². The zero-order valence-corrected chi connectivity index (χ0v) is 17.2. The molecule has 0 aromatic heterocycles. The van der Waals surface area contributed by atoms with E-state index >= 15 is 0 Å². The summed E-state index contributed by atoms with van der Waals surface area (Å²) in [4.78, 5) is 24.5. The number of thiocarbonyl (C=S) groups is 1. The summed E-state index contributed by atoms with van der Waals surface area (Å²) < 4.78 is 6.42. The van der Waals surface area contributed by atoms with Gasteiger partial charge < -0.3 is 4.74 Å². The number of unbranched alkanes of at least 4 members (excludes halogenated alkanes) is 1. The first kappa shape index (κ1) is 20.9. The highest BCUT2D eigenvalue weighted by Gasteiger charge is 2.15. The molecule has 0 atom stereocenters. The summed E-state index contributed by atoms with van der Waals surface area (Å²) in [6.45, 7) is 2.58. The van der Waals surface area contributed by atoms with Crippen LogP contribution in [0.15, 0.2) is 53.0 Å². The summed E-state index contributed by atoms with van der Waals surface area (Å²) in [5, 5.41) is 2.50. The molecule has 0 unspecified atom stereocenters. The van der Waals surface area contributed by atoms with E-state index in [4.69, 9.17) is 17.0 Å². The van der Waals surface area contributed by atoms with Gasteiger partial charge >= 0.3 is 0 Å². The fourth-order valence-electron chi connectivity index (χ4n) is 2.11.